The molecule has 7 heteroatoms. The van der Waals surface area contributed by atoms with Gasteiger partial charge in [0.25, 0.3) is 0 Å². The number of piperidine rings is 1. The summed E-state index contributed by atoms with van der Waals surface area (Å²) in [5.41, 5.74) is 2.03. The molecule has 0 radical (unpaired) electrons. The van der Waals surface area contributed by atoms with Crippen molar-refractivity contribution < 1.29 is 5.11 Å². The molecule has 1 aliphatic rings. The summed E-state index contributed by atoms with van der Waals surface area (Å²) in [6.45, 7) is 6.41. The van der Waals surface area contributed by atoms with Crippen LogP contribution in [0.2, 0.25) is 0 Å². The Balaban J connectivity index is 1.54. The first-order chi connectivity index (χ1) is 12.0. The molecule has 1 fully saturated rings. The molecule has 0 amide bonds. The van der Waals surface area contributed by atoms with Gasteiger partial charge in [0, 0.05) is 30.9 Å². The number of fused-ring (bicyclic) bond motifs is 1. The van der Waals surface area contributed by atoms with Crippen LogP contribution in [0.1, 0.15) is 44.0 Å². The summed E-state index contributed by atoms with van der Waals surface area (Å²) in [6.07, 6.45) is 7.40. The third-order valence-electron chi connectivity index (χ3n) is 4.97. The van der Waals surface area contributed by atoms with Crippen molar-refractivity contribution in [2.75, 3.05) is 13.1 Å². The Morgan fingerprint density at radius 2 is 2.20 bits per heavy atom. The Hall–Kier alpha value is -2.25. The molecule has 1 saturated heterocycles. The minimum atomic E-state index is -0.936. The van der Waals surface area contributed by atoms with E-state index in [2.05, 4.69) is 40.2 Å². The molecule has 0 bridgehead atoms. The number of β-amino-alcohol motifs (C(OH)–C–C–N with tert-alkyl or cyclic N) is 1. The first-order valence-corrected chi connectivity index (χ1v) is 8.83. The van der Waals surface area contributed by atoms with Gasteiger partial charge in [-0.3, -0.25) is 4.90 Å². The summed E-state index contributed by atoms with van der Waals surface area (Å²) < 4.78 is 3.69. The molecule has 3 aromatic rings. The van der Waals surface area contributed by atoms with Crippen molar-refractivity contribution in [3.8, 4) is 0 Å². The maximum absolute atomic E-state index is 11.2. The summed E-state index contributed by atoms with van der Waals surface area (Å²) in [5, 5.41) is 24.0. The molecular formula is C18H24N6O. The summed E-state index contributed by atoms with van der Waals surface area (Å²) >= 11 is 0. The second kappa shape index (κ2) is 6.24. The third-order valence-corrected chi connectivity index (χ3v) is 4.97. The molecule has 3 aromatic heterocycles. The second-order valence-corrected chi connectivity index (χ2v) is 7.22. The van der Waals surface area contributed by atoms with E-state index in [1.54, 1.807) is 4.68 Å². The second-order valence-electron chi connectivity index (χ2n) is 7.22. The Kier molecular flexibility index (Phi) is 4.05. The lowest BCUT2D eigenvalue weighted by Crippen LogP contribution is -2.45. The Bertz CT molecular complexity index is 869. The quantitative estimate of drug-likeness (QED) is 0.786. The van der Waals surface area contributed by atoms with Crippen molar-refractivity contribution in [1.82, 2.24) is 29.5 Å². The van der Waals surface area contributed by atoms with Crippen LogP contribution in [0, 0.1) is 0 Å². The maximum Gasteiger partial charge on any atom is 0.123 e. The van der Waals surface area contributed by atoms with Crippen LogP contribution < -0.4 is 0 Å². The Morgan fingerprint density at radius 1 is 1.32 bits per heavy atom. The molecule has 0 aliphatic carbocycles. The van der Waals surface area contributed by atoms with Gasteiger partial charge < -0.3 is 5.11 Å². The normalized spacial score (nSPS) is 22.1. The van der Waals surface area contributed by atoms with Gasteiger partial charge in [0.2, 0.25) is 0 Å². The maximum atomic E-state index is 11.2. The molecule has 1 atom stereocenters. The minimum absolute atomic E-state index is 0.239. The summed E-state index contributed by atoms with van der Waals surface area (Å²) in [7, 11) is 0. The Morgan fingerprint density at radius 3 is 3.00 bits per heavy atom. The van der Waals surface area contributed by atoms with Crippen molar-refractivity contribution >= 4 is 5.52 Å². The van der Waals surface area contributed by atoms with Crippen LogP contribution in [0.5, 0.6) is 0 Å². The van der Waals surface area contributed by atoms with Gasteiger partial charge in [-0.2, -0.15) is 5.10 Å². The molecule has 0 aromatic carbocycles. The lowest BCUT2D eigenvalue weighted by molar-refractivity contribution is -0.0413. The van der Waals surface area contributed by atoms with Gasteiger partial charge in [0.1, 0.15) is 11.3 Å². The van der Waals surface area contributed by atoms with E-state index in [9.17, 15) is 5.11 Å². The van der Waals surface area contributed by atoms with Crippen molar-refractivity contribution in [2.45, 2.75) is 44.9 Å². The topological polar surface area (TPSA) is 71.5 Å². The largest absolute Gasteiger partial charge is 0.382 e. The van der Waals surface area contributed by atoms with E-state index >= 15 is 0 Å². The molecule has 0 saturated carbocycles. The van der Waals surface area contributed by atoms with Crippen LogP contribution >= 0.6 is 0 Å². The number of aliphatic hydroxyl groups is 1. The highest BCUT2D eigenvalue weighted by Crippen LogP contribution is 2.31. The zero-order chi connectivity index (χ0) is 17.4. The average Bonchev–Trinajstić information content (AvgIpc) is 3.23. The zero-order valence-corrected chi connectivity index (χ0v) is 14.7. The minimum Gasteiger partial charge on any atom is -0.382 e. The van der Waals surface area contributed by atoms with E-state index in [1.165, 1.54) is 5.56 Å². The van der Waals surface area contributed by atoms with Crippen LogP contribution in [0.4, 0.5) is 0 Å². The predicted octanol–water partition coefficient (Wildman–Crippen LogP) is 1.99. The molecule has 4 heterocycles. The summed E-state index contributed by atoms with van der Waals surface area (Å²) in [5.74, 6) is 0. The highest BCUT2D eigenvalue weighted by atomic mass is 16.3. The van der Waals surface area contributed by atoms with E-state index in [0.29, 0.717) is 12.2 Å². The van der Waals surface area contributed by atoms with Crippen molar-refractivity contribution in [2.24, 2.45) is 0 Å². The molecule has 1 N–H and O–H groups in total. The molecule has 25 heavy (non-hydrogen) atoms. The fraction of sp³-hybridized carbons (Fsp3) is 0.500. The van der Waals surface area contributed by atoms with Crippen LogP contribution in [0.25, 0.3) is 5.52 Å². The monoisotopic (exact) mass is 340 g/mol. The summed E-state index contributed by atoms with van der Waals surface area (Å²) in [6, 6.07) is 6.31. The molecule has 7 nitrogen and oxygen atoms in total. The van der Waals surface area contributed by atoms with E-state index < -0.39 is 5.60 Å². The standard InChI is InChI=1S/C18H24N6O/c1-14(2)24-12-17(20-21-24)18(25)7-5-8-22(13-18)11-15-10-19-23-9-4-3-6-16(15)23/h3-4,6,9-10,12,14,25H,5,7-8,11,13H2,1-2H3/t18-/m0/s1. The predicted molar refractivity (Wildman–Crippen MR) is 94.0 cm³/mol. The third kappa shape index (κ3) is 3.05. The lowest BCUT2D eigenvalue weighted by atomic mass is 9.90. The van der Waals surface area contributed by atoms with Gasteiger partial charge in [0.05, 0.1) is 17.9 Å². The van der Waals surface area contributed by atoms with Gasteiger partial charge in [-0.05, 0) is 45.4 Å². The molecule has 4 rings (SSSR count). The Labute approximate surface area is 146 Å². The summed E-state index contributed by atoms with van der Waals surface area (Å²) in [4.78, 5) is 2.28. The lowest BCUT2D eigenvalue weighted by Gasteiger charge is -2.37. The molecule has 132 valence electrons. The van der Waals surface area contributed by atoms with Crippen LogP contribution in [0.15, 0.2) is 36.8 Å². The molecule has 0 unspecified atom stereocenters. The van der Waals surface area contributed by atoms with E-state index in [4.69, 9.17) is 0 Å². The number of aromatic nitrogens is 5. The van der Waals surface area contributed by atoms with Gasteiger partial charge in [-0.15, -0.1) is 5.10 Å². The highest BCUT2D eigenvalue weighted by Gasteiger charge is 2.37. The van der Waals surface area contributed by atoms with Crippen LogP contribution in [0.3, 0.4) is 0 Å². The molecule has 1 aliphatic heterocycles. The van der Waals surface area contributed by atoms with Crippen molar-refractivity contribution in [3.05, 3.63) is 48.0 Å². The number of nitrogens with zero attached hydrogens (tertiary/aromatic N) is 6. The van der Waals surface area contributed by atoms with Gasteiger partial charge in [-0.25, -0.2) is 9.20 Å². The molecule has 0 spiro atoms. The van der Waals surface area contributed by atoms with Crippen molar-refractivity contribution in [3.63, 3.8) is 0 Å². The number of pyridine rings is 1. The zero-order valence-electron chi connectivity index (χ0n) is 14.7. The van der Waals surface area contributed by atoms with Gasteiger partial charge >= 0.3 is 0 Å². The average molecular weight is 340 g/mol. The SMILES string of the molecule is CC(C)n1cc([C@]2(O)CCCN(Cc3cnn4ccccc34)C2)nn1. The van der Waals surface area contributed by atoms with E-state index in [-0.39, 0.29) is 6.04 Å². The van der Waals surface area contributed by atoms with Crippen LogP contribution in [-0.4, -0.2) is 47.7 Å². The first-order valence-electron chi connectivity index (χ1n) is 8.83. The van der Waals surface area contributed by atoms with E-state index in [0.717, 1.165) is 31.4 Å². The fourth-order valence-corrected chi connectivity index (χ4v) is 3.56. The number of hydrogen-bond donors (Lipinski definition) is 1. The van der Waals surface area contributed by atoms with Gasteiger partial charge in [-0.1, -0.05) is 11.3 Å². The first kappa shape index (κ1) is 16.2. The smallest absolute Gasteiger partial charge is 0.123 e. The van der Waals surface area contributed by atoms with E-state index in [1.807, 2.05) is 35.2 Å². The number of likely N-dealkylation sites (tertiary alicyclic amines) is 1. The van der Waals surface area contributed by atoms with Crippen molar-refractivity contribution in [1.29, 1.82) is 0 Å². The van der Waals surface area contributed by atoms with Gasteiger partial charge in [0.15, 0.2) is 0 Å². The number of rotatable bonds is 4. The highest BCUT2D eigenvalue weighted by molar-refractivity contribution is 5.53. The van der Waals surface area contributed by atoms with Crippen LogP contribution in [-0.2, 0) is 12.1 Å². The molecular weight excluding hydrogens is 316 g/mol. The fourth-order valence-electron chi connectivity index (χ4n) is 3.56. The number of hydrogen-bond acceptors (Lipinski definition) is 5.